The maximum atomic E-state index is 5.51. The molecule has 0 spiro atoms. The monoisotopic (exact) mass is 236 g/mol. The van der Waals surface area contributed by atoms with Crippen LogP contribution in [0.5, 0.6) is 0 Å². The normalized spacial score (nSPS) is 20.2. The van der Waals surface area contributed by atoms with Crippen molar-refractivity contribution >= 4 is 5.82 Å². The Labute approximate surface area is 102 Å². The van der Waals surface area contributed by atoms with Crippen molar-refractivity contribution in [3.05, 3.63) is 23.9 Å². The fourth-order valence-corrected chi connectivity index (χ4v) is 2.06. The van der Waals surface area contributed by atoms with Gasteiger partial charge in [0.2, 0.25) is 0 Å². The predicted molar refractivity (Wildman–Crippen MR) is 67.4 cm³/mol. The Morgan fingerprint density at radius 1 is 1.59 bits per heavy atom. The van der Waals surface area contributed by atoms with E-state index in [4.69, 9.17) is 10.6 Å². The van der Waals surface area contributed by atoms with Gasteiger partial charge in [-0.15, -0.1) is 0 Å². The van der Waals surface area contributed by atoms with Gasteiger partial charge in [-0.05, 0) is 31.5 Å². The minimum Gasteiger partial charge on any atom is -0.378 e. The van der Waals surface area contributed by atoms with E-state index >= 15 is 0 Å². The van der Waals surface area contributed by atoms with Crippen molar-refractivity contribution in [2.24, 2.45) is 5.84 Å². The molecule has 0 aromatic carbocycles. The smallest absolute Gasteiger partial charge is 0.140 e. The molecule has 0 amide bonds. The van der Waals surface area contributed by atoms with Crippen LogP contribution in [0.25, 0.3) is 0 Å². The number of nitrogens with two attached hydrogens (primary N) is 1. The molecule has 3 N–H and O–H groups in total. The zero-order valence-corrected chi connectivity index (χ0v) is 10.4. The van der Waals surface area contributed by atoms with E-state index in [0.717, 1.165) is 26.3 Å². The number of hydrogen-bond acceptors (Lipinski definition) is 5. The molecule has 5 heteroatoms. The number of morpholine rings is 1. The van der Waals surface area contributed by atoms with E-state index in [1.54, 1.807) is 6.20 Å². The summed E-state index contributed by atoms with van der Waals surface area (Å²) in [6, 6.07) is 4.00. The second-order valence-corrected chi connectivity index (χ2v) is 4.98. The van der Waals surface area contributed by atoms with Crippen molar-refractivity contribution in [2.45, 2.75) is 25.9 Å². The Hall–Kier alpha value is -1.17. The number of pyridine rings is 1. The van der Waals surface area contributed by atoms with Gasteiger partial charge in [-0.25, -0.2) is 10.8 Å². The number of nitrogens with zero attached hydrogens (tertiary/aromatic N) is 2. The average Bonchev–Trinajstić information content (AvgIpc) is 2.32. The minimum absolute atomic E-state index is 0.0812. The molecule has 0 aliphatic carbocycles. The van der Waals surface area contributed by atoms with Crippen molar-refractivity contribution in [2.75, 3.05) is 25.2 Å². The van der Waals surface area contributed by atoms with E-state index in [9.17, 15) is 0 Å². The first-order valence-corrected chi connectivity index (χ1v) is 5.86. The molecule has 0 atom stereocenters. The molecular weight excluding hydrogens is 216 g/mol. The number of nitrogen functional groups attached to an aromatic ring is 1. The van der Waals surface area contributed by atoms with Gasteiger partial charge >= 0.3 is 0 Å². The highest BCUT2D eigenvalue weighted by Crippen LogP contribution is 2.21. The number of ether oxygens (including phenoxy) is 1. The van der Waals surface area contributed by atoms with Crippen molar-refractivity contribution in [3.8, 4) is 0 Å². The van der Waals surface area contributed by atoms with Gasteiger partial charge < -0.3 is 10.2 Å². The molecule has 1 aliphatic heterocycles. The Balaban J connectivity index is 2.08. The van der Waals surface area contributed by atoms with Crippen molar-refractivity contribution in [1.29, 1.82) is 0 Å². The predicted octanol–water partition coefficient (Wildman–Crippen LogP) is 0.978. The lowest BCUT2D eigenvalue weighted by atomic mass is 10.0. The lowest BCUT2D eigenvalue weighted by Crippen LogP contribution is -2.52. The van der Waals surface area contributed by atoms with Crippen LogP contribution in [-0.2, 0) is 11.3 Å². The van der Waals surface area contributed by atoms with E-state index in [-0.39, 0.29) is 5.54 Å². The highest BCUT2D eigenvalue weighted by molar-refractivity contribution is 5.35. The Kier molecular flexibility index (Phi) is 3.61. The molecule has 17 heavy (non-hydrogen) atoms. The summed E-state index contributed by atoms with van der Waals surface area (Å²) in [6.45, 7) is 7.84. The van der Waals surface area contributed by atoms with Gasteiger partial charge in [0.1, 0.15) is 5.82 Å². The summed E-state index contributed by atoms with van der Waals surface area (Å²) in [4.78, 5) is 6.53. The van der Waals surface area contributed by atoms with Crippen molar-refractivity contribution in [1.82, 2.24) is 9.88 Å². The van der Waals surface area contributed by atoms with Gasteiger partial charge in [0.25, 0.3) is 0 Å². The molecule has 1 fully saturated rings. The molecule has 5 nitrogen and oxygen atoms in total. The van der Waals surface area contributed by atoms with Crippen molar-refractivity contribution in [3.63, 3.8) is 0 Å². The van der Waals surface area contributed by atoms with Crippen LogP contribution in [0.15, 0.2) is 18.3 Å². The van der Waals surface area contributed by atoms with Crippen LogP contribution in [0.4, 0.5) is 5.82 Å². The fourth-order valence-electron chi connectivity index (χ4n) is 2.06. The second-order valence-electron chi connectivity index (χ2n) is 4.98. The zero-order valence-electron chi connectivity index (χ0n) is 10.4. The third kappa shape index (κ3) is 2.94. The first kappa shape index (κ1) is 12.3. The molecule has 2 heterocycles. The molecule has 1 aromatic rings. The highest BCUT2D eigenvalue weighted by atomic mass is 16.5. The number of aromatic nitrogens is 1. The SMILES string of the molecule is CC1(C)COCCN1Cc1ccnc(NN)c1. The van der Waals surface area contributed by atoms with E-state index in [2.05, 4.69) is 29.2 Å². The Morgan fingerprint density at radius 2 is 2.41 bits per heavy atom. The summed E-state index contributed by atoms with van der Waals surface area (Å²) in [5, 5.41) is 0. The van der Waals surface area contributed by atoms with Crippen LogP contribution < -0.4 is 11.3 Å². The molecular formula is C12H20N4O. The number of rotatable bonds is 3. The fraction of sp³-hybridized carbons (Fsp3) is 0.583. The molecule has 0 unspecified atom stereocenters. The summed E-state index contributed by atoms with van der Waals surface area (Å²) in [5.74, 6) is 6.06. The molecule has 94 valence electrons. The standard InChI is InChI=1S/C12H20N4O/c1-12(2)9-17-6-5-16(12)8-10-3-4-14-11(7-10)15-13/h3-4,7H,5-6,8-9,13H2,1-2H3,(H,14,15). The molecule has 1 saturated heterocycles. The third-order valence-corrected chi connectivity index (χ3v) is 3.16. The minimum atomic E-state index is 0.0812. The maximum absolute atomic E-state index is 5.51. The molecule has 0 bridgehead atoms. The number of hydrogen-bond donors (Lipinski definition) is 2. The van der Waals surface area contributed by atoms with Gasteiger partial charge in [0, 0.05) is 24.8 Å². The number of anilines is 1. The van der Waals surface area contributed by atoms with Crippen LogP contribution in [0.1, 0.15) is 19.4 Å². The molecule has 1 aliphatic rings. The van der Waals surface area contributed by atoms with E-state index in [1.165, 1.54) is 5.56 Å². The lowest BCUT2D eigenvalue weighted by Gasteiger charge is -2.42. The van der Waals surface area contributed by atoms with Gasteiger partial charge in [-0.2, -0.15) is 0 Å². The molecule has 2 rings (SSSR count). The van der Waals surface area contributed by atoms with E-state index in [1.807, 2.05) is 12.1 Å². The van der Waals surface area contributed by atoms with Gasteiger partial charge in [0.05, 0.1) is 13.2 Å². The third-order valence-electron chi connectivity index (χ3n) is 3.16. The molecule has 0 radical (unpaired) electrons. The van der Waals surface area contributed by atoms with Gasteiger partial charge in [-0.1, -0.05) is 0 Å². The van der Waals surface area contributed by atoms with E-state index in [0.29, 0.717) is 5.82 Å². The zero-order chi connectivity index (χ0) is 12.3. The summed E-state index contributed by atoms with van der Waals surface area (Å²) >= 11 is 0. The Morgan fingerprint density at radius 3 is 3.12 bits per heavy atom. The average molecular weight is 236 g/mol. The van der Waals surface area contributed by atoms with Crippen molar-refractivity contribution < 1.29 is 4.74 Å². The summed E-state index contributed by atoms with van der Waals surface area (Å²) in [6.07, 6.45) is 1.78. The number of hydrazine groups is 1. The summed E-state index contributed by atoms with van der Waals surface area (Å²) < 4.78 is 5.51. The maximum Gasteiger partial charge on any atom is 0.140 e. The van der Waals surface area contributed by atoms with Crippen LogP contribution in [0.3, 0.4) is 0 Å². The highest BCUT2D eigenvalue weighted by Gasteiger charge is 2.30. The van der Waals surface area contributed by atoms with E-state index < -0.39 is 0 Å². The Bertz CT molecular complexity index is 381. The molecule has 0 saturated carbocycles. The number of nitrogens with one attached hydrogen (secondary N) is 1. The summed E-state index contributed by atoms with van der Waals surface area (Å²) in [5.41, 5.74) is 3.86. The van der Waals surface area contributed by atoms with Gasteiger partial charge in [0.15, 0.2) is 0 Å². The molecule has 1 aromatic heterocycles. The summed E-state index contributed by atoms with van der Waals surface area (Å²) in [7, 11) is 0. The quantitative estimate of drug-likeness (QED) is 0.605. The van der Waals surface area contributed by atoms with Crippen LogP contribution in [-0.4, -0.2) is 35.2 Å². The van der Waals surface area contributed by atoms with Crippen LogP contribution in [0.2, 0.25) is 0 Å². The first-order valence-electron chi connectivity index (χ1n) is 5.86. The van der Waals surface area contributed by atoms with Crippen LogP contribution >= 0.6 is 0 Å². The largest absolute Gasteiger partial charge is 0.378 e. The van der Waals surface area contributed by atoms with Crippen LogP contribution in [0, 0.1) is 0 Å². The lowest BCUT2D eigenvalue weighted by molar-refractivity contribution is -0.0552. The topological polar surface area (TPSA) is 63.4 Å². The van der Waals surface area contributed by atoms with Gasteiger partial charge in [-0.3, -0.25) is 4.90 Å². The first-order chi connectivity index (χ1) is 8.12. The second kappa shape index (κ2) is 5.00.